The van der Waals surface area contributed by atoms with Crippen molar-refractivity contribution in [1.29, 1.82) is 0 Å². The highest BCUT2D eigenvalue weighted by molar-refractivity contribution is 8.02. The quantitative estimate of drug-likeness (QED) is 0.640. The first-order valence-corrected chi connectivity index (χ1v) is 7.71. The third-order valence-corrected chi connectivity index (χ3v) is 4.08. The molecular formula is C18H19NOS. The van der Waals surface area contributed by atoms with Gasteiger partial charge in [-0.3, -0.25) is 4.79 Å². The first-order valence-electron chi connectivity index (χ1n) is 6.83. The number of amides is 1. The fraction of sp³-hybridized carbons (Fsp3) is 0.167. The smallest absolute Gasteiger partial charge is 0.251 e. The maximum Gasteiger partial charge on any atom is 0.251 e. The Labute approximate surface area is 130 Å². The molecule has 21 heavy (non-hydrogen) atoms. The highest BCUT2D eigenvalue weighted by Crippen LogP contribution is 2.21. The summed E-state index contributed by atoms with van der Waals surface area (Å²) in [7, 11) is 0. The summed E-state index contributed by atoms with van der Waals surface area (Å²) in [5.41, 5.74) is 3.92. The molecule has 3 heteroatoms. The Morgan fingerprint density at radius 3 is 2.05 bits per heavy atom. The van der Waals surface area contributed by atoms with Crippen LogP contribution in [-0.4, -0.2) is 5.91 Å². The largest absolute Gasteiger partial charge is 0.322 e. The van der Waals surface area contributed by atoms with E-state index in [1.54, 1.807) is 11.8 Å². The van der Waals surface area contributed by atoms with E-state index in [0.29, 0.717) is 5.57 Å². The molecule has 2 aromatic rings. The average Bonchev–Trinajstić information content (AvgIpc) is 2.48. The zero-order valence-electron chi connectivity index (χ0n) is 12.5. The van der Waals surface area contributed by atoms with Crippen molar-refractivity contribution in [3.8, 4) is 0 Å². The van der Waals surface area contributed by atoms with Crippen LogP contribution in [0.2, 0.25) is 0 Å². The molecule has 108 valence electrons. The Balaban J connectivity index is 1.96. The molecule has 0 saturated carbocycles. The standard InChI is InChI=1S/C18H19NOS/c1-13-4-8-16(9-5-13)19-18(20)15(3)12-21-17-10-6-14(2)7-11-17/h4-12H,1-3H3,(H,19,20)/b15-12+. The van der Waals surface area contributed by atoms with Gasteiger partial charge in [0.15, 0.2) is 0 Å². The van der Waals surface area contributed by atoms with Gasteiger partial charge in [-0.2, -0.15) is 0 Å². The number of thioether (sulfide) groups is 1. The second-order valence-electron chi connectivity index (χ2n) is 5.05. The maximum atomic E-state index is 12.1. The molecule has 0 aliphatic rings. The SMILES string of the molecule is C/C(=C\Sc1ccc(C)cc1)C(=O)Nc1ccc(C)cc1. The summed E-state index contributed by atoms with van der Waals surface area (Å²) in [5.74, 6) is -0.0709. The van der Waals surface area contributed by atoms with E-state index in [1.807, 2.05) is 43.5 Å². The number of hydrogen-bond donors (Lipinski definition) is 1. The van der Waals surface area contributed by atoms with E-state index < -0.39 is 0 Å². The van der Waals surface area contributed by atoms with Crippen molar-refractivity contribution < 1.29 is 4.79 Å². The van der Waals surface area contributed by atoms with E-state index in [0.717, 1.165) is 10.6 Å². The van der Waals surface area contributed by atoms with E-state index in [4.69, 9.17) is 0 Å². The molecule has 0 saturated heterocycles. The number of carbonyl (C=O) groups is 1. The second-order valence-corrected chi connectivity index (χ2v) is 5.99. The number of anilines is 1. The van der Waals surface area contributed by atoms with E-state index in [2.05, 4.69) is 36.5 Å². The van der Waals surface area contributed by atoms with E-state index in [-0.39, 0.29) is 5.91 Å². The number of benzene rings is 2. The van der Waals surface area contributed by atoms with Crippen molar-refractivity contribution in [3.05, 3.63) is 70.6 Å². The molecule has 0 fully saturated rings. The molecule has 2 aromatic carbocycles. The highest BCUT2D eigenvalue weighted by atomic mass is 32.2. The van der Waals surface area contributed by atoms with Crippen LogP contribution in [0, 0.1) is 13.8 Å². The van der Waals surface area contributed by atoms with Gasteiger partial charge in [-0.15, -0.1) is 0 Å². The van der Waals surface area contributed by atoms with Crippen molar-refractivity contribution in [2.75, 3.05) is 5.32 Å². The molecule has 0 unspecified atom stereocenters. The molecule has 0 radical (unpaired) electrons. The average molecular weight is 297 g/mol. The summed E-state index contributed by atoms with van der Waals surface area (Å²) in [4.78, 5) is 13.2. The molecule has 2 nitrogen and oxygen atoms in total. The molecule has 0 aliphatic carbocycles. The molecular weight excluding hydrogens is 278 g/mol. The van der Waals surface area contributed by atoms with Crippen LogP contribution < -0.4 is 5.32 Å². The minimum atomic E-state index is -0.0709. The molecule has 0 bridgehead atoms. The van der Waals surface area contributed by atoms with Gasteiger partial charge in [0.05, 0.1) is 0 Å². The predicted octanol–water partition coefficient (Wildman–Crippen LogP) is 4.94. The molecule has 0 heterocycles. The molecule has 0 atom stereocenters. The third kappa shape index (κ3) is 4.80. The van der Waals surface area contributed by atoms with Crippen molar-refractivity contribution in [3.63, 3.8) is 0 Å². The van der Waals surface area contributed by atoms with E-state index in [9.17, 15) is 4.79 Å². The van der Waals surface area contributed by atoms with Crippen LogP contribution in [0.1, 0.15) is 18.1 Å². The lowest BCUT2D eigenvalue weighted by atomic mass is 10.2. The summed E-state index contributed by atoms with van der Waals surface area (Å²) >= 11 is 1.56. The van der Waals surface area contributed by atoms with Crippen molar-refractivity contribution in [2.24, 2.45) is 0 Å². The molecule has 2 rings (SSSR count). The van der Waals surface area contributed by atoms with Crippen LogP contribution in [0.4, 0.5) is 5.69 Å². The predicted molar refractivity (Wildman–Crippen MR) is 90.6 cm³/mol. The number of hydrogen-bond acceptors (Lipinski definition) is 2. The summed E-state index contributed by atoms with van der Waals surface area (Å²) < 4.78 is 0. The van der Waals surface area contributed by atoms with Gasteiger partial charge in [0.2, 0.25) is 0 Å². The van der Waals surface area contributed by atoms with Gasteiger partial charge in [0.25, 0.3) is 5.91 Å². The minimum absolute atomic E-state index is 0.0709. The molecule has 0 spiro atoms. The van der Waals surface area contributed by atoms with Crippen LogP contribution in [0.3, 0.4) is 0 Å². The first kappa shape index (κ1) is 15.4. The van der Waals surface area contributed by atoms with Crippen molar-refractivity contribution in [1.82, 2.24) is 0 Å². The summed E-state index contributed by atoms with van der Waals surface area (Å²) in [6.07, 6.45) is 0. The van der Waals surface area contributed by atoms with Crippen LogP contribution in [-0.2, 0) is 4.79 Å². The lowest BCUT2D eigenvalue weighted by molar-refractivity contribution is -0.112. The Morgan fingerprint density at radius 1 is 0.952 bits per heavy atom. The van der Waals surface area contributed by atoms with Gasteiger partial charge in [0.1, 0.15) is 0 Å². The fourth-order valence-electron chi connectivity index (χ4n) is 1.69. The Kier molecular flexibility index (Phi) is 5.23. The Morgan fingerprint density at radius 2 is 1.48 bits per heavy atom. The van der Waals surface area contributed by atoms with Gasteiger partial charge in [0, 0.05) is 16.2 Å². The van der Waals surface area contributed by atoms with Crippen molar-refractivity contribution in [2.45, 2.75) is 25.7 Å². The molecule has 0 aliphatic heterocycles. The minimum Gasteiger partial charge on any atom is -0.322 e. The molecule has 1 amide bonds. The Hall–Kier alpha value is -2.00. The zero-order chi connectivity index (χ0) is 15.2. The summed E-state index contributed by atoms with van der Waals surface area (Å²) in [6, 6.07) is 16.0. The van der Waals surface area contributed by atoms with Crippen molar-refractivity contribution >= 4 is 23.4 Å². The monoisotopic (exact) mass is 297 g/mol. The van der Waals surface area contributed by atoms with Crippen LogP contribution in [0.25, 0.3) is 0 Å². The van der Waals surface area contributed by atoms with E-state index in [1.165, 1.54) is 11.1 Å². The summed E-state index contributed by atoms with van der Waals surface area (Å²) in [5, 5.41) is 4.78. The van der Waals surface area contributed by atoms with Gasteiger partial charge in [-0.05, 0) is 50.4 Å². The van der Waals surface area contributed by atoms with Gasteiger partial charge < -0.3 is 5.32 Å². The highest BCUT2D eigenvalue weighted by Gasteiger charge is 2.04. The maximum absolute atomic E-state index is 12.1. The fourth-order valence-corrected chi connectivity index (χ4v) is 2.41. The second kappa shape index (κ2) is 7.14. The van der Waals surface area contributed by atoms with Crippen LogP contribution in [0.5, 0.6) is 0 Å². The normalized spacial score (nSPS) is 11.3. The molecule has 1 N–H and O–H groups in total. The van der Waals surface area contributed by atoms with E-state index >= 15 is 0 Å². The lowest BCUT2D eigenvalue weighted by Gasteiger charge is -2.06. The van der Waals surface area contributed by atoms with Gasteiger partial charge in [-0.25, -0.2) is 0 Å². The number of carbonyl (C=O) groups excluding carboxylic acids is 1. The topological polar surface area (TPSA) is 29.1 Å². The zero-order valence-corrected chi connectivity index (χ0v) is 13.3. The molecule has 0 aromatic heterocycles. The van der Waals surface area contributed by atoms with Gasteiger partial charge in [-0.1, -0.05) is 47.2 Å². The Bertz CT molecular complexity index is 642. The van der Waals surface area contributed by atoms with Gasteiger partial charge >= 0.3 is 0 Å². The number of nitrogens with one attached hydrogen (secondary N) is 1. The number of aryl methyl sites for hydroxylation is 2. The third-order valence-electron chi connectivity index (χ3n) is 3.06. The van der Waals surface area contributed by atoms with Crippen LogP contribution >= 0.6 is 11.8 Å². The number of rotatable bonds is 4. The van der Waals surface area contributed by atoms with Crippen LogP contribution in [0.15, 0.2) is 64.4 Å². The summed E-state index contributed by atoms with van der Waals surface area (Å²) in [6.45, 7) is 5.91. The lowest BCUT2D eigenvalue weighted by Crippen LogP contribution is -2.12. The first-order chi connectivity index (χ1) is 10.0.